The molecular weight excluding hydrogens is 362 g/mol. The molecule has 1 saturated carbocycles. The molecule has 1 fully saturated rings. The molecule has 1 unspecified atom stereocenters. The van der Waals surface area contributed by atoms with Crippen molar-refractivity contribution in [1.82, 2.24) is 0 Å². The second-order valence-electron chi connectivity index (χ2n) is 9.58. The number of aryl methyl sites for hydroxylation is 1. The van der Waals surface area contributed by atoms with Gasteiger partial charge in [0, 0.05) is 13.0 Å². The summed E-state index contributed by atoms with van der Waals surface area (Å²) in [7, 11) is 2.13. The number of hydrogen-bond donors (Lipinski definition) is 0. The molecule has 2 aromatic carbocycles. The van der Waals surface area contributed by atoms with Gasteiger partial charge in [-0.15, -0.1) is 0 Å². The SMILES string of the molecule is [2H]c1c(C)[n+](C)c(-c2cc(C3CCCCC3)cc(C)c2C)c2ccc(C(C)CC)cc12. The van der Waals surface area contributed by atoms with Crippen molar-refractivity contribution in [2.75, 3.05) is 0 Å². The minimum atomic E-state index is 0.514. The van der Waals surface area contributed by atoms with Crippen molar-refractivity contribution >= 4 is 10.8 Å². The molecule has 30 heavy (non-hydrogen) atoms. The van der Waals surface area contributed by atoms with Crippen LogP contribution in [0.5, 0.6) is 0 Å². The largest absolute Gasteiger partial charge is 0.220 e. The van der Waals surface area contributed by atoms with Crippen LogP contribution in [0, 0.1) is 20.8 Å². The van der Waals surface area contributed by atoms with E-state index in [1.807, 2.05) is 0 Å². The summed E-state index contributed by atoms with van der Waals surface area (Å²) in [6.45, 7) is 11.1. The molecule has 1 heteroatoms. The third-order valence-corrected chi connectivity index (χ3v) is 7.66. The molecule has 1 nitrogen and oxygen atoms in total. The van der Waals surface area contributed by atoms with Gasteiger partial charge < -0.3 is 0 Å². The van der Waals surface area contributed by atoms with Gasteiger partial charge in [0.25, 0.3) is 0 Å². The Balaban J connectivity index is 1.98. The molecule has 1 atom stereocenters. The van der Waals surface area contributed by atoms with E-state index in [-0.39, 0.29) is 0 Å². The summed E-state index contributed by atoms with van der Waals surface area (Å²) in [6.07, 6.45) is 7.85. The normalized spacial score (nSPS) is 16.7. The first-order chi connectivity index (χ1) is 14.8. The van der Waals surface area contributed by atoms with Gasteiger partial charge in [-0.1, -0.05) is 51.3 Å². The first-order valence-electron chi connectivity index (χ1n) is 12.4. The Morgan fingerprint density at radius 2 is 1.80 bits per heavy atom. The third-order valence-electron chi connectivity index (χ3n) is 7.66. The summed E-state index contributed by atoms with van der Waals surface area (Å²) >= 11 is 0. The fourth-order valence-electron chi connectivity index (χ4n) is 5.17. The van der Waals surface area contributed by atoms with Gasteiger partial charge in [0.05, 0.1) is 12.3 Å². The van der Waals surface area contributed by atoms with Crippen molar-refractivity contribution < 1.29 is 5.94 Å². The van der Waals surface area contributed by atoms with E-state index in [2.05, 4.69) is 76.6 Å². The quantitative estimate of drug-likeness (QED) is 0.392. The lowest BCUT2D eigenvalue weighted by atomic mass is 9.81. The summed E-state index contributed by atoms with van der Waals surface area (Å²) in [6, 6.07) is 12.4. The second-order valence-corrected chi connectivity index (χ2v) is 9.58. The summed E-state index contributed by atoms with van der Waals surface area (Å²) in [4.78, 5) is 0. The summed E-state index contributed by atoms with van der Waals surface area (Å²) in [5, 5.41) is 2.29. The van der Waals surface area contributed by atoms with Crippen LogP contribution < -0.4 is 4.57 Å². The number of nitrogens with zero attached hydrogens (tertiary/aromatic N) is 1. The van der Waals surface area contributed by atoms with E-state index in [0.29, 0.717) is 17.9 Å². The van der Waals surface area contributed by atoms with Crippen LogP contribution in [0.4, 0.5) is 0 Å². The summed E-state index contributed by atoms with van der Waals surface area (Å²) in [5.41, 5.74) is 9.23. The first-order valence-corrected chi connectivity index (χ1v) is 11.9. The van der Waals surface area contributed by atoms with Gasteiger partial charge in [0.15, 0.2) is 5.69 Å². The van der Waals surface area contributed by atoms with Crippen molar-refractivity contribution in [3.63, 3.8) is 0 Å². The Kier molecular flexibility index (Phi) is 5.63. The maximum absolute atomic E-state index is 8.86. The molecule has 0 saturated heterocycles. The summed E-state index contributed by atoms with van der Waals surface area (Å²) < 4.78 is 11.1. The molecule has 1 aliphatic rings. The highest BCUT2D eigenvalue weighted by Crippen LogP contribution is 2.38. The van der Waals surface area contributed by atoms with E-state index < -0.39 is 0 Å². The van der Waals surface area contributed by atoms with Crippen molar-refractivity contribution in [2.45, 2.75) is 85.0 Å². The van der Waals surface area contributed by atoms with Crippen LogP contribution in [0.15, 0.2) is 36.4 Å². The highest BCUT2D eigenvalue weighted by Gasteiger charge is 2.24. The molecular formula is C29H38N+. The number of benzene rings is 2. The highest BCUT2D eigenvalue weighted by atomic mass is 14.9. The molecule has 1 heterocycles. The van der Waals surface area contributed by atoms with Gasteiger partial charge in [0.1, 0.15) is 7.05 Å². The van der Waals surface area contributed by atoms with Gasteiger partial charge >= 0.3 is 0 Å². The van der Waals surface area contributed by atoms with Gasteiger partial charge in [-0.05, 0) is 84.7 Å². The smallest absolute Gasteiger partial charge is 0.198 e. The molecule has 0 bridgehead atoms. The zero-order chi connectivity index (χ0) is 22.3. The minimum absolute atomic E-state index is 0.514. The molecule has 158 valence electrons. The Labute approximate surface area is 184 Å². The lowest BCUT2D eigenvalue weighted by Crippen LogP contribution is -2.35. The standard InChI is InChI=1S/C29H38N/c1-7-19(2)24-13-14-27-26(17-24)16-21(4)30(6)29(27)28-18-25(15-20(3)22(28)5)23-11-9-8-10-12-23/h13-19,23H,7-12H2,1-6H3/q+1/i16D. The molecule has 0 aliphatic heterocycles. The number of rotatable bonds is 4. The third kappa shape index (κ3) is 3.80. The van der Waals surface area contributed by atoms with Crippen molar-refractivity contribution in [1.29, 1.82) is 0 Å². The number of hydrogen-bond acceptors (Lipinski definition) is 0. The van der Waals surface area contributed by atoms with Crippen molar-refractivity contribution in [3.8, 4) is 11.3 Å². The predicted molar refractivity (Wildman–Crippen MR) is 129 cm³/mol. The number of pyridine rings is 1. The Morgan fingerprint density at radius 3 is 2.50 bits per heavy atom. The van der Waals surface area contributed by atoms with Crippen LogP contribution in [0.25, 0.3) is 22.0 Å². The zero-order valence-corrected chi connectivity index (χ0v) is 19.7. The van der Waals surface area contributed by atoms with E-state index in [4.69, 9.17) is 1.37 Å². The fourth-order valence-corrected chi connectivity index (χ4v) is 5.17. The Morgan fingerprint density at radius 1 is 1.07 bits per heavy atom. The van der Waals surface area contributed by atoms with Crippen LogP contribution >= 0.6 is 0 Å². The van der Waals surface area contributed by atoms with Crippen LogP contribution in [-0.4, -0.2) is 0 Å². The van der Waals surface area contributed by atoms with Crippen LogP contribution in [-0.2, 0) is 7.05 Å². The number of fused-ring (bicyclic) bond motifs is 1. The highest BCUT2D eigenvalue weighted by molar-refractivity contribution is 5.94. The molecule has 0 spiro atoms. The lowest BCUT2D eigenvalue weighted by molar-refractivity contribution is -0.665. The predicted octanol–water partition coefficient (Wildman–Crippen LogP) is 7.82. The number of aromatic nitrogens is 1. The molecule has 1 aliphatic carbocycles. The van der Waals surface area contributed by atoms with Crippen LogP contribution in [0.1, 0.15) is 93.5 Å². The topological polar surface area (TPSA) is 3.88 Å². The van der Waals surface area contributed by atoms with Gasteiger partial charge in [-0.2, -0.15) is 4.57 Å². The maximum Gasteiger partial charge on any atom is 0.220 e. The van der Waals surface area contributed by atoms with E-state index in [9.17, 15) is 0 Å². The average molecular weight is 402 g/mol. The van der Waals surface area contributed by atoms with Gasteiger partial charge in [-0.3, -0.25) is 0 Å². The first kappa shape index (κ1) is 19.8. The fraction of sp³-hybridized carbons (Fsp3) is 0.483. The minimum Gasteiger partial charge on any atom is -0.198 e. The second kappa shape index (κ2) is 8.53. The van der Waals surface area contributed by atoms with Crippen LogP contribution in [0.3, 0.4) is 0 Å². The van der Waals surface area contributed by atoms with E-state index >= 15 is 0 Å². The van der Waals surface area contributed by atoms with E-state index in [1.165, 1.54) is 71.0 Å². The molecule has 4 rings (SSSR count). The molecule has 0 amide bonds. The zero-order valence-electron chi connectivity index (χ0n) is 20.7. The maximum atomic E-state index is 8.86. The Hall–Kier alpha value is -2.15. The van der Waals surface area contributed by atoms with Crippen LogP contribution in [0.2, 0.25) is 0 Å². The van der Waals surface area contributed by atoms with E-state index in [1.54, 1.807) is 0 Å². The molecule has 3 aromatic rings. The Bertz CT molecular complexity index is 1120. The van der Waals surface area contributed by atoms with E-state index in [0.717, 1.165) is 17.5 Å². The van der Waals surface area contributed by atoms with Gasteiger partial charge in [-0.25, -0.2) is 0 Å². The molecule has 1 aromatic heterocycles. The summed E-state index contributed by atoms with van der Waals surface area (Å²) in [5.74, 6) is 1.21. The van der Waals surface area contributed by atoms with Crippen molar-refractivity contribution in [2.24, 2.45) is 7.05 Å². The monoisotopic (exact) mass is 401 g/mol. The lowest BCUT2D eigenvalue weighted by Gasteiger charge is -2.24. The van der Waals surface area contributed by atoms with Crippen molar-refractivity contribution in [3.05, 3.63) is 64.3 Å². The molecule has 0 N–H and O–H groups in total. The molecule has 0 radical (unpaired) electrons. The average Bonchev–Trinajstić information content (AvgIpc) is 2.80. The van der Waals surface area contributed by atoms with Gasteiger partial charge in [0.2, 0.25) is 5.69 Å².